The molecule has 2 rings (SSSR count). The molecule has 0 bridgehead atoms. The number of halogens is 1. The maximum atomic E-state index is 2.20. The molecule has 1 aromatic rings. The molecule has 0 amide bonds. The van der Waals surface area contributed by atoms with E-state index in [0.29, 0.717) is 0 Å². The Morgan fingerprint density at radius 1 is 1.08 bits per heavy atom. The Morgan fingerprint density at radius 2 is 1.67 bits per heavy atom. The molecular formula is C10H9ITi. The number of hydrogen-bond donors (Lipinski definition) is 0. The van der Waals surface area contributed by atoms with Crippen molar-refractivity contribution >= 4 is 25.3 Å². The predicted molar refractivity (Wildman–Crippen MR) is 57.5 cm³/mol. The van der Waals surface area contributed by atoms with Crippen molar-refractivity contribution in [1.82, 2.24) is 0 Å². The van der Waals surface area contributed by atoms with Gasteiger partial charge in [0.25, 0.3) is 0 Å². The van der Waals surface area contributed by atoms with E-state index in [0.717, 1.165) is 0 Å². The van der Waals surface area contributed by atoms with Gasteiger partial charge in [-0.25, -0.2) is 0 Å². The monoisotopic (exact) mass is 304 g/mol. The molecule has 0 atom stereocenters. The number of allylic oxidation sites excluding steroid dienone is 1. The van der Waals surface area contributed by atoms with Crippen molar-refractivity contribution in [1.29, 1.82) is 0 Å². The van der Waals surface area contributed by atoms with Gasteiger partial charge in [-0.3, -0.25) is 0 Å². The SMILES string of the molecule is CC1=Cc2ccccc2[CH]1.[Ti][I]. The topological polar surface area (TPSA) is 0 Å². The molecule has 1 radical (unpaired) electrons. The van der Waals surface area contributed by atoms with E-state index in [9.17, 15) is 0 Å². The summed E-state index contributed by atoms with van der Waals surface area (Å²) in [5, 5.41) is 0. The van der Waals surface area contributed by atoms with Gasteiger partial charge in [0.15, 0.2) is 0 Å². The van der Waals surface area contributed by atoms with Crippen molar-refractivity contribution in [2.75, 3.05) is 0 Å². The molecule has 1 aromatic carbocycles. The van der Waals surface area contributed by atoms with Crippen LogP contribution in [0.15, 0.2) is 29.8 Å². The van der Waals surface area contributed by atoms with Crippen LogP contribution in [0.5, 0.6) is 0 Å². The molecule has 1 aliphatic rings. The Balaban J connectivity index is 0.000000336. The normalized spacial score (nSPS) is 12.6. The number of fused-ring (bicyclic) bond motifs is 1. The average Bonchev–Trinajstić information content (AvgIpc) is 2.48. The average molecular weight is 304 g/mol. The van der Waals surface area contributed by atoms with Crippen LogP contribution in [0.25, 0.3) is 6.08 Å². The van der Waals surface area contributed by atoms with Crippen molar-refractivity contribution < 1.29 is 16.7 Å². The van der Waals surface area contributed by atoms with Crippen LogP contribution in [0.2, 0.25) is 0 Å². The Morgan fingerprint density at radius 3 is 2.25 bits per heavy atom. The molecule has 0 nitrogen and oxygen atoms in total. The van der Waals surface area contributed by atoms with E-state index in [2.05, 4.69) is 62.9 Å². The van der Waals surface area contributed by atoms with Gasteiger partial charge in [-0.05, 0) is 18.1 Å². The molecule has 12 heavy (non-hydrogen) atoms. The first-order valence-corrected chi connectivity index (χ1v) is 8.71. The zero-order valence-electron chi connectivity index (χ0n) is 6.84. The minimum atomic E-state index is 1.35. The Bertz CT molecular complexity index is 292. The fourth-order valence-electron chi connectivity index (χ4n) is 1.31. The van der Waals surface area contributed by atoms with Gasteiger partial charge in [-0.1, -0.05) is 35.9 Å². The number of benzene rings is 1. The van der Waals surface area contributed by atoms with Gasteiger partial charge in [0.1, 0.15) is 0 Å². The van der Waals surface area contributed by atoms with Crippen LogP contribution < -0.4 is 0 Å². The molecule has 0 aromatic heterocycles. The van der Waals surface area contributed by atoms with Crippen LogP contribution in [0.4, 0.5) is 0 Å². The standard InChI is InChI=1S/C10H9.HI.Ti/c1-8-6-9-4-2-3-5-10(9)7-8;;/h2-7H,1H3;1H;/q;;+1/p-1. The summed E-state index contributed by atoms with van der Waals surface area (Å²) in [6.45, 7) is 2.12. The summed E-state index contributed by atoms with van der Waals surface area (Å²) in [7, 11) is 0. The van der Waals surface area contributed by atoms with Gasteiger partial charge in [-0.2, -0.15) is 0 Å². The van der Waals surface area contributed by atoms with E-state index >= 15 is 0 Å². The van der Waals surface area contributed by atoms with Crippen LogP contribution >= 0.6 is 19.2 Å². The molecular weight excluding hydrogens is 295 g/mol. The molecule has 0 unspecified atom stereocenters. The van der Waals surface area contributed by atoms with Crippen molar-refractivity contribution in [2.45, 2.75) is 6.92 Å². The molecule has 60 valence electrons. The maximum absolute atomic E-state index is 2.20. The molecule has 0 saturated carbocycles. The predicted octanol–water partition coefficient (Wildman–Crippen LogP) is 3.54. The third-order valence-electron chi connectivity index (χ3n) is 1.76. The second-order valence-corrected chi connectivity index (χ2v) is 2.66. The van der Waals surface area contributed by atoms with Crippen molar-refractivity contribution in [3.63, 3.8) is 0 Å². The molecule has 0 saturated heterocycles. The van der Waals surface area contributed by atoms with Gasteiger partial charge in [0, 0.05) is 6.42 Å². The van der Waals surface area contributed by atoms with Crippen LogP contribution in [-0.2, 0) is 16.7 Å². The third kappa shape index (κ3) is 2.44. The number of hydrogen-bond acceptors (Lipinski definition) is 0. The summed E-state index contributed by atoms with van der Waals surface area (Å²) in [5.41, 5.74) is 4.04. The van der Waals surface area contributed by atoms with E-state index < -0.39 is 0 Å². The minimum absolute atomic E-state index is 1.35. The molecule has 0 heterocycles. The van der Waals surface area contributed by atoms with E-state index in [1.54, 1.807) is 0 Å². The van der Waals surface area contributed by atoms with E-state index in [4.69, 9.17) is 0 Å². The Hall–Kier alpha value is 0.404. The molecule has 0 aliphatic heterocycles. The zero-order valence-corrected chi connectivity index (χ0v) is 10.6. The first-order valence-electron chi connectivity index (χ1n) is 3.67. The summed E-state index contributed by atoms with van der Waals surface area (Å²) in [6, 6.07) is 8.42. The van der Waals surface area contributed by atoms with Crippen molar-refractivity contribution in [3.05, 3.63) is 47.4 Å². The van der Waals surface area contributed by atoms with Crippen LogP contribution in [0, 0.1) is 6.42 Å². The zero-order chi connectivity index (χ0) is 8.97. The summed E-state index contributed by atoms with van der Waals surface area (Å²) in [5.74, 6) is 0. The van der Waals surface area contributed by atoms with Crippen molar-refractivity contribution in [2.24, 2.45) is 0 Å². The van der Waals surface area contributed by atoms with Crippen molar-refractivity contribution in [3.8, 4) is 0 Å². The van der Waals surface area contributed by atoms with Crippen LogP contribution in [0.3, 0.4) is 0 Å². The van der Waals surface area contributed by atoms with Crippen LogP contribution in [0.1, 0.15) is 18.1 Å². The van der Waals surface area contributed by atoms with Gasteiger partial charge in [-0.15, -0.1) is 0 Å². The van der Waals surface area contributed by atoms with Gasteiger partial charge < -0.3 is 0 Å². The van der Waals surface area contributed by atoms with Gasteiger partial charge >= 0.3 is 35.9 Å². The molecule has 2 heteroatoms. The molecule has 1 aliphatic carbocycles. The Kier molecular flexibility index (Phi) is 4.55. The van der Waals surface area contributed by atoms with E-state index in [1.807, 2.05) is 16.7 Å². The number of rotatable bonds is 0. The second kappa shape index (κ2) is 5.20. The molecule has 0 fully saturated rings. The third-order valence-corrected chi connectivity index (χ3v) is 1.76. The Labute approximate surface area is 95.5 Å². The molecule has 0 spiro atoms. The molecule has 0 N–H and O–H groups in total. The van der Waals surface area contributed by atoms with E-state index in [1.165, 1.54) is 16.7 Å². The fraction of sp³-hybridized carbons (Fsp3) is 0.100. The summed E-state index contributed by atoms with van der Waals surface area (Å²) >= 11 is 4.12. The van der Waals surface area contributed by atoms with Crippen LogP contribution in [-0.4, -0.2) is 0 Å². The summed E-state index contributed by atoms with van der Waals surface area (Å²) in [4.78, 5) is 0. The fourth-order valence-corrected chi connectivity index (χ4v) is 1.31. The summed E-state index contributed by atoms with van der Waals surface area (Å²) in [6.07, 6.45) is 4.41. The second-order valence-electron chi connectivity index (χ2n) is 2.66. The first kappa shape index (κ1) is 10.5. The summed E-state index contributed by atoms with van der Waals surface area (Å²) < 4.78 is 0. The van der Waals surface area contributed by atoms with Gasteiger partial charge in [0.05, 0.1) is 0 Å². The van der Waals surface area contributed by atoms with E-state index in [-0.39, 0.29) is 0 Å². The van der Waals surface area contributed by atoms with Gasteiger partial charge in [0.2, 0.25) is 0 Å². The first-order chi connectivity index (χ1) is 5.86. The quantitative estimate of drug-likeness (QED) is 0.508.